The first-order valence-corrected chi connectivity index (χ1v) is 7.16. The van der Waals surface area contributed by atoms with Gasteiger partial charge in [-0.2, -0.15) is 0 Å². The summed E-state index contributed by atoms with van der Waals surface area (Å²) in [6.45, 7) is 2.93. The number of ether oxygens (including phenoxy) is 1. The third-order valence-corrected chi connectivity index (χ3v) is 3.94. The van der Waals surface area contributed by atoms with Crippen LogP contribution in [0.15, 0.2) is 24.3 Å². The molecule has 0 saturated carbocycles. The van der Waals surface area contributed by atoms with Crippen LogP contribution >= 0.6 is 0 Å². The zero-order valence-electron chi connectivity index (χ0n) is 11.9. The molecule has 3 nitrogen and oxygen atoms in total. The molecule has 0 amide bonds. The van der Waals surface area contributed by atoms with E-state index >= 15 is 0 Å². The molecule has 118 valence electrons. The molecule has 2 N–H and O–H groups in total. The molecule has 1 aromatic carbocycles. The van der Waals surface area contributed by atoms with Crippen molar-refractivity contribution in [2.24, 2.45) is 5.92 Å². The number of hydrogen-bond acceptors (Lipinski definition) is 3. The van der Waals surface area contributed by atoms with E-state index in [-0.39, 0.29) is 11.8 Å². The summed E-state index contributed by atoms with van der Waals surface area (Å²) in [4.78, 5) is 0. The van der Waals surface area contributed by atoms with Crippen LogP contribution in [-0.4, -0.2) is 24.1 Å². The molecule has 6 heteroatoms. The zero-order chi connectivity index (χ0) is 15.5. The fraction of sp³-hybridized carbons (Fsp3) is 0.600. The van der Waals surface area contributed by atoms with E-state index < -0.39 is 12.5 Å². The highest BCUT2D eigenvalue weighted by atomic mass is 19.4. The summed E-state index contributed by atoms with van der Waals surface area (Å²) in [5, 5.41) is 13.6. The van der Waals surface area contributed by atoms with Gasteiger partial charge in [0.1, 0.15) is 5.75 Å². The van der Waals surface area contributed by atoms with Crippen molar-refractivity contribution in [3.05, 3.63) is 29.8 Å². The predicted octanol–water partition coefficient (Wildman–Crippen LogP) is 3.40. The molecule has 3 atom stereocenters. The Balaban J connectivity index is 2.08. The summed E-state index contributed by atoms with van der Waals surface area (Å²) in [6, 6.07) is 5.41. The van der Waals surface area contributed by atoms with Gasteiger partial charge in [0.05, 0.1) is 6.10 Å². The normalized spacial score (nSPS) is 24.6. The Morgan fingerprint density at radius 1 is 1.43 bits per heavy atom. The number of aliphatic hydroxyl groups is 1. The number of rotatable bonds is 4. The maximum atomic E-state index is 12.2. The van der Waals surface area contributed by atoms with Crippen LogP contribution < -0.4 is 10.1 Å². The average Bonchev–Trinajstić information content (AvgIpc) is 2.45. The van der Waals surface area contributed by atoms with Gasteiger partial charge >= 0.3 is 6.36 Å². The highest BCUT2D eigenvalue weighted by Gasteiger charge is 2.32. The number of hydrogen-bond donors (Lipinski definition) is 2. The molecule has 1 aliphatic heterocycles. The van der Waals surface area contributed by atoms with E-state index in [1.54, 1.807) is 6.07 Å². The quantitative estimate of drug-likeness (QED) is 0.896. The van der Waals surface area contributed by atoms with E-state index in [9.17, 15) is 18.3 Å². The lowest BCUT2D eigenvalue weighted by Gasteiger charge is -2.33. The van der Waals surface area contributed by atoms with Gasteiger partial charge in [0.15, 0.2) is 0 Å². The molecule has 0 aliphatic carbocycles. The highest BCUT2D eigenvalue weighted by molar-refractivity contribution is 5.30. The fourth-order valence-corrected chi connectivity index (χ4v) is 2.77. The van der Waals surface area contributed by atoms with Crippen LogP contribution in [0.1, 0.15) is 37.9 Å². The number of halogens is 3. The van der Waals surface area contributed by atoms with Crippen LogP contribution in [0.3, 0.4) is 0 Å². The van der Waals surface area contributed by atoms with Crippen LogP contribution in [-0.2, 0) is 0 Å². The second-order valence-corrected chi connectivity index (χ2v) is 5.42. The van der Waals surface area contributed by atoms with Crippen molar-refractivity contribution < 1.29 is 23.0 Å². The van der Waals surface area contributed by atoms with Crippen LogP contribution in [0.5, 0.6) is 5.75 Å². The summed E-state index contributed by atoms with van der Waals surface area (Å²) in [5.41, 5.74) is 0.436. The van der Waals surface area contributed by atoms with Crippen molar-refractivity contribution in [3.8, 4) is 5.75 Å². The first-order valence-electron chi connectivity index (χ1n) is 7.16. The van der Waals surface area contributed by atoms with Crippen molar-refractivity contribution in [1.29, 1.82) is 0 Å². The monoisotopic (exact) mass is 303 g/mol. The molecule has 1 fully saturated rings. The summed E-state index contributed by atoms with van der Waals surface area (Å²) in [7, 11) is 0. The number of alkyl halides is 3. The van der Waals surface area contributed by atoms with Crippen LogP contribution in [0, 0.1) is 5.92 Å². The molecule has 2 rings (SSSR count). The van der Waals surface area contributed by atoms with Crippen molar-refractivity contribution in [1.82, 2.24) is 5.32 Å². The minimum Gasteiger partial charge on any atom is -0.406 e. The van der Waals surface area contributed by atoms with Gasteiger partial charge in [0.2, 0.25) is 0 Å². The zero-order valence-corrected chi connectivity index (χ0v) is 11.9. The SMILES string of the molecule is CCC1CCNC(C(O)c2cccc(OC(F)(F)F)c2)C1. The van der Waals surface area contributed by atoms with Gasteiger partial charge in [0, 0.05) is 6.04 Å². The summed E-state index contributed by atoms with van der Waals surface area (Å²) >= 11 is 0. The Labute approximate surface area is 122 Å². The van der Waals surface area contributed by atoms with E-state index in [0.717, 1.165) is 25.8 Å². The molecule has 1 aromatic rings. The van der Waals surface area contributed by atoms with Crippen molar-refractivity contribution in [2.45, 2.75) is 44.7 Å². The lowest BCUT2D eigenvalue weighted by Crippen LogP contribution is -2.42. The average molecular weight is 303 g/mol. The highest BCUT2D eigenvalue weighted by Crippen LogP contribution is 2.30. The van der Waals surface area contributed by atoms with Gasteiger partial charge in [-0.1, -0.05) is 25.5 Å². The van der Waals surface area contributed by atoms with E-state index in [4.69, 9.17) is 0 Å². The van der Waals surface area contributed by atoms with Gasteiger partial charge in [-0.3, -0.25) is 0 Å². The molecule has 0 bridgehead atoms. The lowest BCUT2D eigenvalue weighted by molar-refractivity contribution is -0.274. The molecular weight excluding hydrogens is 283 g/mol. The molecular formula is C15H20F3NO2. The first kappa shape index (κ1) is 16.1. The summed E-state index contributed by atoms with van der Waals surface area (Å²) in [6.07, 6.45) is -2.63. The molecule has 0 spiro atoms. The van der Waals surface area contributed by atoms with Gasteiger partial charge < -0.3 is 15.2 Å². The second-order valence-electron chi connectivity index (χ2n) is 5.42. The predicted molar refractivity (Wildman–Crippen MR) is 72.9 cm³/mol. The van der Waals surface area contributed by atoms with Gasteiger partial charge in [-0.25, -0.2) is 0 Å². The van der Waals surface area contributed by atoms with Gasteiger partial charge in [-0.15, -0.1) is 13.2 Å². The number of piperidine rings is 1. The van der Waals surface area contributed by atoms with Crippen molar-refractivity contribution >= 4 is 0 Å². The van der Waals surface area contributed by atoms with E-state index in [0.29, 0.717) is 11.5 Å². The minimum atomic E-state index is -4.72. The Kier molecular flexibility index (Phi) is 5.11. The number of aliphatic hydroxyl groups excluding tert-OH is 1. The summed E-state index contributed by atoms with van der Waals surface area (Å²) < 4.78 is 40.6. The first-order chi connectivity index (χ1) is 9.89. The third kappa shape index (κ3) is 4.61. The maximum Gasteiger partial charge on any atom is 0.573 e. The van der Waals surface area contributed by atoms with Crippen molar-refractivity contribution in [2.75, 3.05) is 6.54 Å². The standard InChI is InChI=1S/C15H20F3NO2/c1-2-10-6-7-19-13(8-10)14(20)11-4-3-5-12(9-11)21-15(16,17)18/h3-5,9-10,13-14,19-20H,2,6-8H2,1H3. The molecule has 1 saturated heterocycles. The smallest absolute Gasteiger partial charge is 0.406 e. The molecule has 1 aliphatic rings. The topological polar surface area (TPSA) is 41.5 Å². The number of benzene rings is 1. The largest absolute Gasteiger partial charge is 0.573 e. The second kappa shape index (κ2) is 6.66. The van der Waals surface area contributed by atoms with Crippen LogP contribution in [0.4, 0.5) is 13.2 Å². The van der Waals surface area contributed by atoms with E-state index in [1.807, 2.05) is 0 Å². The Bertz CT molecular complexity index is 464. The van der Waals surface area contributed by atoms with Crippen LogP contribution in [0.25, 0.3) is 0 Å². The molecule has 0 aromatic heterocycles. The number of nitrogens with one attached hydrogen (secondary N) is 1. The summed E-state index contributed by atoms with van der Waals surface area (Å²) in [5.74, 6) is 0.238. The van der Waals surface area contributed by atoms with Gasteiger partial charge in [0.25, 0.3) is 0 Å². The Morgan fingerprint density at radius 2 is 2.19 bits per heavy atom. The van der Waals surface area contributed by atoms with E-state index in [1.165, 1.54) is 18.2 Å². The molecule has 21 heavy (non-hydrogen) atoms. The van der Waals surface area contributed by atoms with Crippen molar-refractivity contribution in [3.63, 3.8) is 0 Å². The minimum absolute atomic E-state index is 0.134. The van der Waals surface area contributed by atoms with E-state index in [2.05, 4.69) is 17.0 Å². The fourth-order valence-electron chi connectivity index (χ4n) is 2.77. The maximum absolute atomic E-state index is 12.2. The third-order valence-electron chi connectivity index (χ3n) is 3.94. The molecule has 1 heterocycles. The molecule has 3 unspecified atom stereocenters. The Morgan fingerprint density at radius 3 is 2.86 bits per heavy atom. The van der Waals surface area contributed by atoms with Gasteiger partial charge in [-0.05, 0) is 43.0 Å². The molecule has 0 radical (unpaired) electrons. The van der Waals surface area contributed by atoms with Crippen LogP contribution in [0.2, 0.25) is 0 Å². The lowest BCUT2D eigenvalue weighted by atomic mass is 9.86. The Hall–Kier alpha value is -1.27.